The van der Waals surface area contributed by atoms with E-state index in [-0.39, 0.29) is 11.8 Å². The normalized spacial score (nSPS) is 15.5. The maximum absolute atomic E-state index is 10.0. The Balaban J connectivity index is 0. The van der Waals surface area contributed by atoms with Gasteiger partial charge in [-0.1, -0.05) is 34.1 Å². The molecule has 0 aliphatic heterocycles. The van der Waals surface area contributed by atoms with Gasteiger partial charge in [-0.25, -0.2) is 9.59 Å². The molecule has 0 bridgehead atoms. The second-order valence-corrected chi connectivity index (χ2v) is 4.20. The predicted molar refractivity (Wildman–Crippen MR) is 61.6 cm³/mol. The van der Waals surface area contributed by atoms with Crippen LogP contribution in [0.2, 0.25) is 0 Å². The van der Waals surface area contributed by atoms with E-state index in [9.17, 15) is 9.59 Å². The number of aliphatic carboxylic acids is 2. The summed E-state index contributed by atoms with van der Waals surface area (Å²) in [7, 11) is 0. The second-order valence-electron chi connectivity index (χ2n) is 4.20. The second kappa shape index (κ2) is 8.95. The Labute approximate surface area is 101 Å². The van der Waals surface area contributed by atoms with Crippen molar-refractivity contribution in [3.63, 3.8) is 0 Å². The molecule has 17 heavy (non-hydrogen) atoms. The molecule has 0 aromatic heterocycles. The molecule has 0 aliphatic carbocycles. The minimum atomic E-state index is -1.21. The van der Waals surface area contributed by atoms with Crippen LogP contribution in [0.4, 0.5) is 0 Å². The molecule has 0 aliphatic rings. The summed E-state index contributed by atoms with van der Waals surface area (Å²) in [6.07, 6.45) is -1.72. The van der Waals surface area contributed by atoms with Gasteiger partial charge in [0.05, 0.1) is 0 Å². The fraction of sp³-hybridized carbons (Fsp3) is 0.818. The zero-order chi connectivity index (χ0) is 14.2. The molecule has 0 saturated heterocycles. The lowest BCUT2D eigenvalue weighted by Gasteiger charge is -2.10. The van der Waals surface area contributed by atoms with Gasteiger partial charge in [0.1, 0.15) is 0 Å². The van der Waals surface area contributed by atoms with E-state index in [1.54, 1.807) is 20.8 Å². The van der Waals surface area contributed by atoms with E-state index in [1.165, 1.54) is 0 Å². The number of carboxylic acids is 2. The molecule has 0 aromatic carbocycles. The Morgan fingerprint density at radius 2 is 1.29 bits per heavy atom. The van der Waals surface area contributed by atoms with Crippen molar-refractivity contribution in [2.75, 3.05) is 0 Å². The molecule has 0 aromatic rings. The van der Waals surface area contributed by atoms with Crippen molar-refractivity contribution in [2.45, 2.75) is 46.3 Å². The van der Waals surface area contributed by atoms with Gasteiger partial charge in [-0.15, -0.1) is 0 Å². The van der Waals surface area contributed by atoms with Gasteiger partial charge in [0.25, 0.3) is 0 Å². The summed E-state index contributed by atoms with van der Waals surface area (Å²) in [5.41, 5.74) is 0. The van der Waals surface area contributed by atoms with E-state index >= 15 is 0 Å². The lowest BCUT2D eigenvalue weighted by Crippen LogP contribution is -2.26. The third-order valence-electron chi connectivity index (χ3n) is 2.32. The van der Waals surface area contributed by atoms with Crippen LogP contribution in [-0.4, -0.2) is 44.6 Å². The van der Waals surface area contributed by atoms with Gasteiger partial charge in [0, 0.05) is 0 Å². The monoisotopic (exact) mass is 250 g/mol. The van der Waals surface area contributed by atoms with Crippen LogP contribution in [0.1, 0.15) is 34.1 Å². The maximum Gasteiger partial charge on any atom is 0.332 e. The van der Waals surface area contributed by atoms with Crippen LogP contribution in [0.5, 0.6) is 0 Å². The van der Waals surface area contributed by atoms with Crippen LogP contribution in [-0.2, 0) is 9.59 Å². The summed E-state index contributed by atoms with van der Waals surface area (Å²) < 4.78 is 0. The van der Waals surface area contributed by atoms with Gasteiger partial charge in [-0.2, -0.15) is 0 Å². The quantitative estimate of drug-likeness (QED) is 0.567. The summed E-state index contributed by atoms with van der Waals surface area (Å²) in [5.74, 6) is -2.64. The molecule has 3 unspecified atom stereocenters. The first kappa shape index (κ1) is 18.2. The Bertz CT molecular complexity index is 238. The van der Waals surface area contributed by atoms with E-state index in [1.807, 2.05) is 6.92 Å². The molecule has 0 radical (unpaired) electrons. The fourth-order valence-electron chi connectivity index (χ4n) is 0.752. The Hall–Kier alpha value is -1.14. The van der Waals surface area contributed by atoms with Crippen LogP contribution >= 0.6 is 0 Å². The Kier molecular flexibility index (Phi) is 9.60. The molecule has 102 valence electrons. The summed E-state index contributed by atoms with van der Waals surface area (Å²) in [4.78, 5) is 19.9. The van der Waals surface area contributed by atoms with Crippen molar-refractivity contribution in [3.05, 3.63) is 0 Å². The van der Waals surface area contributed by atoms with Crippen LogP contribution in [0.15, 0.2) is 0 Å². The average Bonchev–Trinajstić information content (AvgIpc) is 2.26. The average molecular weight is 250 g/mol. The number of rotatable bonds is 5. The third-order valence-corrected chi connectivity index (χ3v) is 2.32. The highest BCUT2D eigenvalue weighted by Crippen LogP contribution is 2.06. The summed E-state index contributed by atoms with van der Waals surface area (Å²) >= 11 is 0. The van der Waals surface area contributed by atoms with Crippen LogP contribution in [0.25, 0.3) is 0 Å². The van der Waals surface area contributed by atoms with E-state index in [0.717, 1.165) is 0 Å². The molecular formula is C11H22O6. The third kappa shape index (κ3) is 8.65. The number of hydrogen-bond acceptors (Lipinski definition) is 4. The van der Waals surface area contributed by atoms with Gasteiger partial charge in [-0.05, 0) is 11.8 Å². The van der Waals surface area contributed by atoms with Crippen molar-refractivity contribution < 1.29 is 30.0 Å². The van der Waals surface area contributed by atoms with Gasteiger partial charge in [0.15, 0.2) is 12.2 Å². The largest absolute Gasteiger partial charge is 0.479 e. The molecule has 6 nitrogen and oxygen atoms in total. The highest BCUT2D eigenvalue weighted by Gasteiger charge is 2.19. The zero-order valence-electron chi connectivity index (χ0n) is 10.6. The molecule has 3 atom stereocenters. The van der Waals surface area contributed by atoms with Crippen LogP contribution in [0, 0.1) is 11.8 Å². The van der Waals surface area contributed by atoms with Crippen molar-refractivity contribution in [3.8, 4) is 0 Å². The van der Waals surface area contributed by atoms with Gasteiger partial charge < -0.3 is 20.4 Å². The molecule has 0 saturated carbocycles. The summed E-state index contributed by atoms with van der Waals surface area (Å²) in [6.45, 7) is 6.85. The molecule has 0 amide bonds. The Morgan fingerprint density at radius 1 is 0.941 bits per heavy atom. The lowest BCUT2D eigenvalue weighted by atomic mass is 10.0. The number of hydrogen-bond donors (Lipinski definition) is 4. The summed E-state index contributed by atoms with van der Waals surface area (Å²) in [6, 6.07) is 0. The van der Waals surface area contributed by atoms with Crippen LogP contribution in [0.3, 0.4) is 0 Å². The topological polar surface area (TPSA) is 115 Å². The molecule has 0 rings (SSSR count). The number of aliphatic hydroxyl groups excluding tert-OH is 2. The SMILES string of the molecule is CC(C)C(O)C(=O)O.CCC(C)C(O)C(=O)O. The van der Waals surface area contributed by atoms with Gasteiger partial charge in [-0.3, -0.25) is 0 Å². The van der Waals surface area contributed by atoms with Crippen molar-refractivity contribution >= 4 is 11.9 Å². The fourth-order valence-corrected chi connectivity index (χ4v) is 0.752. The maximum atomic E-state index is 10.0. The molecular weight excluding hydrogens is 228 g/mol. The smallest absolute Gasteiger partial charge is 0.332 e. The minimum absolute atomic E-state index is 0.150. The molecule has 0 spiro atoms. The van der Waals surface area contributed by atoms with Crippen LogP contribution < -0.4 is 0 Å². The highest BCUT2D eigenvalue weighted by molar-refractivity contribution is 5.72. The van der Waals surface area contributed by atoms with E-state index in [2.05, 4.69) is 0 Å². The molecule has 0 heterocycles. The molecule has 6 heteroatoms. The van der Waals surface area contributed by atoms with Gasteiger partial charge in [0.2, 0.25) is 0 Å². The first-order chi connectivity index (χ1) is 7.64. The molecule has 0 fully saturated rings. The van der Waals surface area contributed by atoms with Crippen molar-refractivity contribution in [1.82, 2.24) is 0 Å². The first-order valence-electron chi connectivity index (χ1n) is 5.46. The Morgan fingerprint density at radius 3 is 1.35 bits per heavy atom. The predicted octanol–water partition coefficient (Wildman–Crippen LogP) is 0.566. The minimum Gasteiger partial charge on any atom is -0.479 e. The number of aliphatic hydroxyl groups is 2. The number of carbonyl (C=O) groups is 2. The van der Waals surface area contributed by atoms with E-state index in [0.29, 0.717) is 6.42 Å². The zero-order valence-corrected chi connectivity index (χ0v) is 10.6. The summed E-state index contributed by atoms with van der Waals surface area (Å²) in [5, 5.41) is 33.7. The highest BCUT2D eigenvalue weighted by atomic mass is 16.4. The first-order valence-corrected chi connectivity index (χ1v) is 5.46. The van der Waals surface area contributed by atoms with E-state index < -0.39 is 24.1 Å². The molecule has 4 N–H and O–H groups in total. The number of carboxylic acid groups (broad SMARTS) is 2. The van der Waals surface area contributed by atoms with Crippen molar-refractivity contribution in [1.29, 1.82) is 0 Å². The van der Waals surface area contributed by atoms with Gasteiger partial charge >= 0.3 is 11.9 Å². The van der Waals surface area contributed by atoms with E-state index in [4.69, 9.17) is 20.4 Å². The lowest BCUT2D eigenvalue weighted by molar-refractivity contribution is -0.149. The van der Waals surface area contributed by atoms with Crippen molar-refractivity contribution in [2.24, 2.45) is 11.8 Å². The standard InChI is InChI=1S/C6H12O3.C5H10O3/c1-3-4(2)5(7)6(8)9;1-3(2)4(6)5(7)8/h4-5,7H,3H2,1-2H3,(H,8,9);3-4,6H,1-2H3,(H,7,8).